The molecule has 1 aliphatic carbocycles. The maximum atomic E-state index is 14.2. The number of rotatable bonds is 2. The summed E-state index contributed by atoms with van der Waals surface area (Å²) in [4.78, 5) is 14.5. The molecule has 1 amide bonds. The van der Waals surface area contributed by atoms with Crippen LogP contribution in [0.3, 0.4) is 0 Å². The van der Waals surface area contributed by atoms with E-state index in [4.69, 9.17) is 0 Å². The highest BCUT2D eigenvalue weighted by atomic mass is 19.1. The Morgan fingerprint density at radius 2 is 1.90 bits per heavy atom. The van der Waals surface area contributed by atoms with Gasteiger partial charge in [-0.1, -0.05) is 42.5 Å². The van der Waals surface area contributed by atoms with Crippen LogP contribution in [0.5, 0.6) is 0 Å². The van der Waals surface area contributed by atoms with Crippen LogP contribution in [-0.4, -0.2) is 17.4 Å². The Balaban J connectivity index is 1.60. The summed E-state index contributed by atoms with van der Waals surface area (Å²) < 4.78 is 14.2. The molecule has 0 saturated carbocycles. The van der Waals surface area contributed by atoms with Crippen molar-refractivity contribution in [2.24, 2.45) is 0 Å². The summed E-state index contributed by atoms with van der Waals surface area (Å²) in [6.45, 7) is 1.25. The van der Waals surface area contributed by atoms with Crippen LogP contribution in [0.1, 0.15) is 23.1 Å². The molecule has 4 rings (SSSR count). The normalized spacial score (nSPS) is 23.3. The van der Waals surface area contributed by atoms with E-state index in [-0.39, 0.29) is 11.7 Å². The van der Waals surface area contributed by atoms with Gasteiger partial charge >= 0.3 is 0 Å². The first-order valence-electron chi connectivity index (χ1n) is 7.32. The molecule has 2 aromatic carbocycles. The molecule has 1 unspecified atom stereocenters. The van der Waals surface area contributed by atoms with Gasteiger partial charge in [0.1, 0.15) is 5.82 Å². The Morgan fingerprint density at radius 1 is 1.10 bits per heavy atom. The zero-order valence-electron chi connectivity index (χ0n) is 11.7. The Hall–Kier alpha value is -2.16. The van der Waals surface area contributed by atoms with E-state index < -0.39 is 5.41 Å². The van der Waals surface area contributed by atoms with Crippen molar-refractivity contribution in [2.45, 2.75) is 24.8 Å². The molecule has 2 aromatic rings. The molecular weight excluding hydrogens is 265 g/mol. The number of carbonyl (C=O) groups is 1. The van der Waals surface area contributed by atoms with Crippen molar-refractivity contribution in [1.29, 1.82) is 0 Å². The standard InChI is InChI=1S/C18H16FNO/c19-15-8-4-7-14-9-10-18(16(14)15)12-20(17(18)21)11-13-5-2-1-3-6-13/h1-8H,9-12H2. The van der Waals surface area contributed by atoms with Crippen LogP contribution < -0.4 is 0 Å². The third-order valence-corrected chi connectivity index (χ3v) is 4.77. The fraction of sp³-hybridized carbons (Fsp3) is 0.278. The smallest absolute Gasteiger partial charge is 0.235 e. The molecule has 1 atom stereocenters. The topological polar surface area (TPSA) is 20.3 Å². The van der Waals surface area contributed by atoms with Crippen molar-refractivity contribution in [3.05, 3.63) is 71.0 Å². The molecular formula is C18H16FNO. The summed E-state index contributed by atoms with van der Waals surface area (Å²) in [5.41, 5.74) is 2.18. The molecule has 0 N–H and O–H groups in total. The maximum absolute atomic E-state index is 14.2. The molecule has 1 aliphatic heterocycles. The van der Waals surface area contributed by atoms with Crippen molar-refractivity contribution in [3.8, 4) is 0 Å². The number of hydrogen-bond acceptors (Lipinski definition) is 1. The first-order chi connectivity index (χ1) is 10.2. The predicted octanol–water partition coefficient (Wildman–Crippen LogP) is 3.05. The Bertz CT molecular complexity index is 712. The number of nitrogens with zero attached hydrogens (tertiary/aromatic N) is 1. The van der Waals surface area contributed by atoms with Crippen LogP contribution >= 0.6 is 0 Å². The number of aryl methyl sites for hydroxylation is 1. The van der Waals surface area contributed by atoms with E-state index in [1.54, 1.807) is 6.07 Å². The summed E-state index contributed by atoms with van der Waals surface area (Å²) in [5.74, 6) is -0.145. The number of β-lactam (4-membered cyclic amide) rings is 1. The van der Waals surface area contributed by atoms with Crippen LogP contribution in [0, 0.1) is 5.82 Å². The highest BCUT2D eigenvalue weighted by molar-refractivity contribution is 5.95. The highest BCUT2D eigenvalue weighted by Gasteiger charge is 2.57. The van der Waals surface area contributed by atoms with Crippen LogP contribution in [-0.2, 0) is 23.2 Å². The lowest BCUT2D eigenvalue weighted by molar-refractivity contribution is -0.152. The van der Waals surface area contributed by atoms with E-state index in [1.807, 2.05) is 41.3 Å². The minimum atomic E-state index is -0.588. The number of hydrogen-bond donors (Lipinski definition) is 0. The third kappa shape index (κ3) is 1.73. The van der Waals surface area contributed by atoms with Gasteiger partial charge < -0.3 is 4.90 Å². The van der Waals surface area contributed by atoms with Gasteiger partial charge in [-0.15, -0.1) is 0 Å². The van der Waals surface area contributed by atoms with Gasteiger partial charge in [0.05, 0.1) is 5.41 Å². The van der Waals surface area contributed by atoms with Gasteiger partial charge in [-0.25, -0.2) is 4.39 Å². The lowest BCUT2D eigenvalue weighted by Crippen LogP contribution is -2.63. The molecule has 1 fully saturated rings. The van der Waals surface area contributed by atoms with Crippen molar-refractivity contribution < 1.29 is 9.18 Å². The molecule has 0 bridgehead atoms. The first-order valence-corrected chi connectivity index (χ1v) is 7.32. The molecule has 1 saturated heterocycles. The van der Waals surface area contributed by atoms with E-state index in [9.17, 15) is 9.18 Å². The van der Waals surface area contributed by atoms with Gasteiger partial charge in [0.25, 0.3) is 0 Å². The summed E-state index contributed by atoms with van der Waals surface area (Å²) in [6.07, 6.45) is 1.55. The van der Waals surface area contributed by atoms with Crippen LogP contribution in [0.2, 0.25) is 0 Å². The second-order valence-corrected chi connectivity index (χ2v) is 6.00. The minimum absolute atomic E-state index is 0.0789. The zero-order chi connectivity index (χ0) is 14.4. The molecule has 1 heterocycles. The van der Waals surface area contributed by atoms with Gasteiger partial charge in [-0.05, 0) is 30.0 Å². The average Bonchev–Trinajstić information content (AvgIpc) is 2.91. The van der Waals surface area contributed by atoms with Crippen molar-refractivity contribution in [3.63, 3.8) is 0 Å². The van der Waals surface area contributed by atoms with Crippen molar-refractivity contribution >= 4 is 5.91 Å². The predicted molar refractivity (Wildman–Crippen MR) is 78.3 cm³/mol. The van der Waals surface area contributed by atoms with Gasteiger partial charge in [-0.2, -0.15) is 0 Å². The number of amides is 1. The van der Waals surface area contributed by atoms with E-state index in [0.717, 1.165) is 24.0 Å². The molecule has 3 heteroatoms. The Kier molecular flexibility index (Phi) is 2.64. The highest BCUT2D eigenvalue weighted by Crippen LogP contribution is 2.47. The summed E-state index contributed by atoms with van der Waals surface area (Å²) in [6, 6.07) is 15.1. The molecule has 2 aliphatic rings. The van der Waals surface area contributed by atoms with Crippen LogP contribution in [0.4, 0.5) is 4.39 Å². The van der Waals surface area contributed by atoms with Gasteiger partial charge in [-0.3, -0.25) is 4.79 Å². The maximum Gasteiger partial charge on any atom is 0.235 e. The van der Waals surface area contributed by atoms with Crippen LogP contribution in [0.25, 0.3) is 0 Å². The van der Waals surface area contributed by atoms with E-state index in [1.165, 1.54) is 6.07 Å². The third-order valence-electron chi connectivity index (χ3n) is 4.77. The first kappa shape index (κ1) is 12.6. The largest absolute Gasteiger partial charge is 0.336 e. The molecule has 106 valence electrons. The molecule has 2 nitrogen and oxygen atoms in total. The fourth-order valence-electron chi connectivity index (χ4n) is 3.77. The number of benzene rings is 2. The SMILES string of the molecule is O=C1N(Cc2ccccc2)CC12CCc1cccc(F)c12. The number of fused-ring (bicyclic) bond motifs is 2. The summed E-state index contributed by atoms with van der Waals surface area (Å²) in [7, 11) is 0. The minimum Gasteiger partial charge on any atom is -0.336 e. The number of likely N-dealkylation sites (tertiary alicyclic amines) is 1. The van der Waals surface area contributed by atoms with Gasteiger partial charge in [0.2, 0.25) is 5.91 Å². The fourth-order valence-corrected chi connectivity index (χ4v) is 3.77. The lowest BCUT2D eigenvalue weighted by atomic mass is 9.73. The summed E-state index contributed by atoms with van der Waals surface area (Å²) in [5, 5.41) is 0. The molecule has 0 radical (unpaired) electrons. The van der Waals surface area contributed by atoms with Crippen LogP contribution in [0.15, 0.2) is 48.5 Å². The zero-order valence-corrected chi connectivity index (χ0v) is 11.7. The van der Waals surface area contributed by atoms with Gasteiger partial charge in [0.15, 0.2) is 0 Å². The number of carbonyl (C=O) groups excluding carboxylic acids is 1. The second kappa shape index (κ2) is 4.42. The monoisotopic (exact) mass is 281 g/mol. The van der Waals surface area contributed by atoms with E-state index in [2.05, 4.69) is 0 Å². The lowest BCUT2D eigenvalue weighted by Gasteiger charge is -2.47. The number of halogens is 1. The molecule has 21 heavy (non-hydrogen) atoms. The van der Waals surface area contributed by atoms with E-state index in [0.29, 0.717) is 18.7 Å². The summed E-state index contributed by atoms with van der Waals surface area (Å²) >= 11 is 0. The molecule has 0 aromatic heterocycles. The van der Waals surface area contributed by atoms with E-state index >= 15 is 0 Å². The molecule has 1 spiro atoms. The average molecular weight is 281 g/mol. The second-order valence-electron chi connectivity index (χ2n) is 6.00. The quantitative estimate of drug-likeness (QED) is 0.775. The Labute approximate surface area is 123 Å². The van der Waals surface area contributed by atoms with Gasteiger partial charge in [0, 0.05) is 18.7 Å². The van der Waals surface area contributed by atoms with Crippen molar-refractivity contribution in [2.75, 3.05) is 6.54 Å². The Morgan fingerprint density at radius 3 is 2.67 bits per heavy atom. The van der Waals surface area contributed by atoms with Crippen molar-refractivity contribution in [1.82, 2.24) is 4.90 Å².